The number of nitrogens with zero attached hydrogens (tertiary/aromatic N) is 1. The van der Waals surface area contributed by atoms with E-state index >= 15 is 0 Å². The van der Waals surface area contributed by atoms with E-state index in [2.05, 4.69) is 17.4 Å². The van der Waals surface area contributed by atoms with E-state index in [1.54, 1.807) is 0 Å². The Labute approximate surface area is 164 Å². The molecule has 2 heterocycles. The third kappa shape index (κ3) is 3.74. The van der Waals surface area contributed by atoms with Gasteiger partial charge in [0, 0.05) is 23.6 Å². The Morgan fingerprint density at radius 2 is 1.89 bits per heavy atom. The average Bonchev–Trinajstić information content (AvgIpc) is 3.10. The molecule has 4 rings (SSSR count). The average molecular weight is 381 g/mol. The lowest BCUT2D eigenvalue weighted by Gasteiger charge is -2.27. The molecule has 3 atom stereocenters. The zero-order chi connectivity index (χ0) is 18.8. The van der Waals surface area contributed by atoms with E-state index in [0.717, 1.165) is 17.7 Å². The van der Waals surface area contributed by atoms with E-state index in [1.807, 2.05) is 66.1 Å². The lowest BCUT2D eigenvalue weighted by molar-refractivity contribution is -0.130. The second-order valence-corrected chi connectivity index (χ2v) is 8.41. The van der Waals surface area contributed by atoms with Gasteiger partial charge < -0.3 is 10.2 Å². The number of carbonyl (C=O) groups is 2. The monoisotopic (exact) mass is 380 g/mol. The van der Waals surface area contributed by atoms with E-state index in [-0.39, 0.29) is 29.8 Å². The van der Waals surface area contributed by atoms with Gasteiger partial charge >= 0.3 is 0 Å². The molecule has 0 aliphatic carbocycles. The topological polar surface area (TPSA) is 49.4 Å². The Kier molecular flexibility index (Phi) is 5.21. The highest BCUT2D eigenvalue weighted by atomic mass is 32.2. The minimum absolute atomic E-state index is 0.00202. The van der Waals surface area contributed by atoms with Gasteiger partial charge in [-0.15, -0.1) is 11.8 Å². The van der Waals surface area contributed by atoms with Crippen molar-refractivity contribution < 1.29 is 9.59 Å². The van der Waals surface area contributed by atoms with Gasteiger partial charge in [0.05, 0.1) is 18.0 Å². The van der Waals surface area contributed by atoms with E-state index in [9.17, 15) is 9.59 Å². The lowest BCUT2D eigenvalue weighted by atomic mass is 10.0. The van der Waals surface area contributed by atoms with Gasteiger partial charge in [0.1, 0.15) is 0 Å². The summed E-state index contributed by atoms with van der Waals surface area (Å²) in [5.74, 6) is 0.789. The number of rotatable bonds is 4. The number of hydrogen-bond donors (Lipinski definition) is 1. The third-order valence-corrected chi connectivity index (χ3v) is 6.68. The first-order valence-corrected chi connectivity index (χ1v) is 10.5. The molecule has 2 amide bonds. The molecule has 2 aliphatic rings. The molecule has 2 aliphatic heterocycles. The first kappa shape index (κ1) is 18.1. The van der Waals surface area contributed by atoms with Gasteiger partial charge in [0.2, 0.25) is 11.8 Å². The minimum atomic E-state index is -0.273. The molecule has 5 heteroatoms. The molecule has 0 saturated carbocycles. The van der Waals surface area contributed by atoms with Crippen molar-refractivity contribution in [1.29, 1.82) is 0 Å². The molecular formula is C22H24N2O2S. The van der Waals surface area contributed by atoms with Crippen LogP contribution in [0.15, 0.2) is 59.5 Å². The number of nitrogens with one attached hydrogen (secondary N) is 1. The zero-order valence-electron chi connectivity index (χ0n) is 15.4. The predicted molar refractivity (Wildman–Crippen MR) is 107 cm³/mol. The van der Waals surface area contributed by atoms with Crippen LogP contribution < -0.4 is 5.32 Å². The highest BCUT2D eigenvalue weighted by Gasteiger charge is 2.38. The SMILES string of the molecule is C[C@H](c1ccccc1)N1C[C@H](C(=O)N[C@@H]2CCSc3ccccc32)CC1=O. The summed E-state index contributed by atoms with van der Waals surface area (Å²) in [7, 11) is 0. The quantitative estimate of drug-likeness (QED) is 0.874. The van der Waals surface area contributed by atoms with Crippen molar-refractivity contribution in [2.45, 2.75) is 36.7 Å². The summed E-state index contributed by atoms with van der Waals surface area (Å²) >= 11 is 1.84. The molecule has 1 fully saturated rings. The number of amides is 2. The molecule has 1 saturated heterocycles. The Morgan fingerprint density at radius 3 is 2.70 bits per heavy atom. The Hall–Kier alpha value is -2.27. The Bertz CT molecular complexity index is 839. The largest absolute Gasteiger partial charge is 0.349 e. The molecule has 27 heavy (non-hydrogen) atoms. The molecule has 2 aromatic rings. The highest BCUT2D eigenvalue weighted by molar-refractivity contribution is 7.99. The summed E-state index contributed by atoms with van der Waals surface area (Å²) in [4.78, 5) is 28.5. The summed E-state index contributed by atoms with van der Waals surface area (Å²) < 4.78 is 0. The maximum atomic E-state index is 12.9. The molecule has 1 N–H and O–H groups in total. The van der Waals surface area contributed by atoms with Gasteiger partial charge in [0.15, 0.2) is 0 Å². The molecule has 0 bridgehead atoms. The van der Waals surface area contributed by atoms with Crippen molar-refractivity contribution in [3.8, 4) is 0 Å². The van der Waals surface area contributed by atoms with Crippen LogP contribution in [0.1, 0.15) is 43.0 Å². The smallest absolute Gasteiger partial charge is 0.225 e. The van der Waals surface area contributed by atoms with Gasteiger partial charge in [-0.3, -0.25) is 9.59 Å². The fraction of sp³-hybridized carbons (Fsp3) is 0.364. The maximum absolute atomic E-state index is 12.9. The number of thioether (sulfide) groups is 1. The first-order chi connectivity index (χ1) is 13.1. The number of likely N-dealkylation sites (tertiary alicyclic amines) is 1. The second kappa shape index (κ2) is 7.77. The van der Waals surface area contributed by atoms with Crippen molar-refractivity contribution >= 4 is 23.6 Å². The summed E-state index contributed by atoms with van der Waals surface area (Å²) in [6.07, 6.45) is 1.23. The maximum Gasteiger partial charge on any atom is 0.225 e. The van der Waals surface area contributed by atoms with E-state index < -0.39 is 0 Å². The van der Waals surface area contributed by atoms with E-state index in [1.165, 1.54) is 10.5 Å². The third-order valence-electron chi connectivity index (χ3n) is 5.55. The Balaban J connectivity index is 1.43. The Morgan fingerprint density at radius 1 is 1.15 bits per heavy atom. The van der Waals surface area contributed by atoms with E-state index in [4.69, 9.17) is 0 Å². The number of hydrogen-bond acceptors (Lipinski definition) is 3. The second-order valence-electron chi connectivity index (χ2n) is 7.27. The summed E-state index contributed by atoms with van der Waals surface area (Å²) in [6, 6.07) is 18.3. The first-order valence-electron chi connectivity index (χ1n) is 9.50. The standard InChI is InChI=1S/C22H24N2O2S/c1-15(16-7-3-2-4-8-16)24-14-17(13-21(24)25)22(26)23-19-11-12-27-20-10-6-5-9-18(19)20/h2-10,15,17,19H,11-14H2,1H3,(H,23,26)/t15-,17-,19-/m1/s1. The highest BCUT2D eigenvalue weighted by Crippen LogP contribution is 2.36. The van der Waals surface area contributed by atoms with Crippen molar-refractivity contribution in [1.82, 2.24) is 10.2 Å². The molecule has 4 nitrogen and oxygen atoms in total. The van der Waals surface area contributed by atoms with Crippen LogP contribution in [0.5, 0.6) is 0 Å². The van der Waals surface area contributed by atoms with Crippen LogP contribution in [0.2, 0.25) is 0 Å². The van der Waals surface area contributed by atoms with Crippen LogP contribution in [0.4, 0.5) is 0 Å². The van der Waals surface area contributed by atoms with Gasteiger partial charge in [-0.2, -0.15) is 0 Å². The fourth-order valence-corrected chi connectivity index (χ4v) is 5.10. The lowest BCUT2D eigenvalue weighted by Crippen LogP contribution is -2.37. The van der Waals surface area contributed by atoms with Crippen LogP contribution in [0.25, 0.3) is 0 Å². The molecule has 0 radical (unpaired) electrons. The van der Waals surface area contributed by atoms with Gasteiger partial charge in [-0.05, 0) is 30.5 Å². The van der Waals surface area contributed by atoms with Crippen LogP contribution in [0, 0.1) is 5.92 Å². The summed E-state index contributed by atoms with van der Waals surface area (Å²) in [5.41, 5.74) is 2.30. The normalized spacial score (nSPS) is 23.0. The summed E-state index contributed by atoms with van der Waals surface area (Å²) in [6.45, 7) is 2.52. The predicted octanol–water partition coefficient (Wildman–Crippen LogP) is 3.95. The van der Waals surface area contributed by atoms with Gasteiger partial charge in [-0.25, -0.2) is 0 Å². The van der Waals surface area contributed by atoms with Gasteiger partial charge in [-0.1, -0.05) is 48.5 Å². The van der Waals surface area contributed by atoms with Crippen LogP contribution in [-0.2, 0) is 9.59 Å². The van der Waals surface area contributed by atoms with Crippen molar-refractivity contribution in [2.24, 2.45) is 5.92 Å². The van der Waals surface area contributed by atoms with Crippen molar-refractivity contribution in [2.75, 3.05) is 12.3 Å². The van der Waals surface area contributed by atoms with Crippen LogP contribution in [-0.4, -0.2) is 29.0 Å². The number of fused-ring (bicyclic) bond motifs is 1. The molecule has 140 valence electrons. The molecule has 2 aromatic carbocycles. The molecular weight excluding hydrogens is 356 g/mol. The molecule has 0 spiro atoms. The minimum Gasteiger partial charge on any atom is -0.349 e. The van der Waals surface area contributed by atoms with Gasteiger partial charge in [0.25, 0.3) is 0 Å². The molecule has 0 aromatic heterocycles. The van der Waals surface area contributed by atoms with E-state index in [0.29, 0.717) is 13.0 Å². The summed E-state index contributed by atoms with van der Waals surface area (Å²) in [5, 5.41) is 3.21. The fourth-order valence-electron chi connectivity index (χ4n) is 3.97. The zero-order valence-corrected chi connectivity index (χ0v) is 16.2. The van der Waals surface area contributed by atoms with Crippen molar-refractivity contribution in [3.05, 3.63) is 65.7 Å². The number of benzene rings is 2. The molecule has 0 unspecified atom stereocenters. The van der Waals surface area contributed by atoms with Crippen LogP contribution in [0.3, 0.4) is 0 Å². The number of carbonyl (C=O) groups excluding carboxylic acids is 2. The van der Waals surface area contributed by atoms with Crippen LogP contribution >= 0.6 is 11.8 Å². The van der Waals surface area contributed by atoms with Crippen molar-refractivity contribution in [3.63, 3.8) is 0 Å².